The van der Waals surface area contributed by atoms with Gasteiger partial charge in [0.1, 0.15) is 5.75 Å². The summed E-state index contributed by atoms with van der Waals surface area (Å²) in [6.45, 7) is 1.57. The zero-order valence-electron chi connectivity index (χ0n) is 15.8. The summed E-state index contributed by atoms with van der Waals surface area (Å²) in [6, 6.07) is 25.9. The Morgan fingerprint density at radius 2 is 1.61 bits per heavy atom. The molecule has 0 aliphatic heterocycles. The molecular formula is C23H23IN2O2. The second-order valence-corrected chi connectivity index (χ2v) is 7.85. The summed E-state index contributed by atoms with van der Waals surface area (Å²) < 4.78 is 6.93. The first-order chi connectivity index (χ1) is 13.6. The Labute approximate surface area is 179 Å². The molecule has 3 aromatic rings. The van der Waals surface area contributed by atoms with Gasteiger partial charge in [-0.1, -0.05) is 48.5 Å². The van der Waals surface area contributed by atoms with Crippen molar-refractivity contribution in [2.75, 3.05) is 19.0 Å². The van der Waals surface area contributed by atoms with Crippen LogP contribution in [-0.4, -0.2) is 24.5 Å². The fraction of sp³-hybridized carbons (Fsp3) is 0.174. The van der Waals surface area contributed by atoms with Crippen molar-refractivity contribution in [1.29, 1.82) is 0 Å². The number of carbonyl (C=O) groups excluding carboxylic acids is 1. The number of halogens is 1. The van der Waals surface area contributed by atoms with Crippen LogP contribution in [0.25, 0.3) is 0 Å². The number of hydrogen-bond acceptors (Lipinski definition) is 3. The maximum Gasteiger partial charge on any atom is 0.262 e. The number of nitrogens with zero attached hydrogens (tertiary/aromatic N) is 1. The molecule has 0 saturated carbocycles. The Hall–Kier alpha value is -2.38. The number of carbonyl (C=O) groups is 1. The third kappa shape index (κ3) is 6.35. The first kappa shape index (κ1) is 20.4. The molecule has 5 heteroatoms. The van der Waals surface area contributed by atoms with E-state index in [1.165, 1.54) is 5.56 Å². The molecule has 0 spiro atoms. The highest BCUT2D eigenvalue weighted by atomic mass is 127. The van der Waals surface area contributed by atoms with Gasteiger partial charge in [-0.2, -0.15) is 0 Å². The molecule has 0 aliphatic rings. The zero-order chi connectivity index (χ0) is 19.8. The molecule has 3 aromatic carbocycles. The minimum absolute atomic E-state index is 0.0224. The van der Waals surface area contributed by atoms with Crippen molar-refractivity contribution in [2.45, 2.75) is 13.1 Å². The van der Waals surface area contributed by atoms with E-state index >= 15 is 0 Å². The number of ether oxygens (including phenoxy) is 1. The van der Waals surface area contributed by atoms with Crippen LogP contribution in [-0.2, 0) is 17.9 Å². The average Bonchev–Trinajstić information content (AvgIpc) is 2.70. The zero-order valence-corrected chi connectivity index (χ0v) is 17.9. The number of hydrogen-bond donors (Lipinski definition) is 1. The average molecular weight is 486 g/mol. The molecule has 0 aromatic heterocycles. The molecule has 28 heavy (non-hydrogen) atoms. The van der Waals surface area contributed by atoms with Crippen LogP contribution in [0.4, 0.5) is 5.69 Å². The SMILES string of the molecule is CN(Cc1ccccc1)Cc1ccccc1OCC(=O)Nc1ccc(I)cc1. The normalized spacial score (nSPS) is 10.7. The van der Waals surface area contributed by atoms with Gasteiger partial charge >= 0.3 is 0 Å². The molecule has 1 N–H and O–H groups in total. The molecule has 0 bridgehead atoms. The van der Waals surface area contributed by atoms with E-state index in [9.17, 15) is 4.79 Å². The van der Waals surface area contributed by atoms with Gasteiger partial charge in [0.2, 0.25) is 0 Å². The molecule has 0 atom stereocenters. The highest BCUT2D eigenvalue weighted by Gasteiger charge is 2.09. The molecule has 0 heterocycles. The minimum Gasteiger partial charge on any atom is -0.483 e. The summed E-state index contributed by atoms with van der Waals surface area (Å²) in [5.41, 5.74) is 3.09. The van der Waals surface area contributed by atoms with Crippen LogP contribution in [0.2, 0.25) is 0 Å². The van der Waals surface area contributed by atoms with Gasteiger partial charge in [-0.05, 0) is 65.5 Å². The van der Waals surface area contributed by atoms with E-state index < -0.39 is 0 Å². The van der Waals surface area contributed by atoms with E-state index in [0.717, 1.165) is 33.7 Å². The van der Waals surface area contributed by atoms with Crippen molar-refractivity contribution in [1.82, 2.24) is 4.90 Å². The van der Waals surface area contributed by atoms with Crippen LogP contribution < -0.4 is 10.1 Å². The van der Waals surface area contributed by atoms with Crippen LogP contribution in [0, 0.1) is 3.57 Å². The van der Waals surface area contributed by atoms with Crippen molar-refractivity contribution in [3.63, 3.8) is 0 Å². The number of benzene rings is 3. The fourth-order valence-corrected chi connectivity index (χ4v) is 3.25. The molecule has 0 fully saturated rings. The van der Waals surface area contributed by atoms with Crippen molar-refractivity contribution in [2.24, 2.45) is 0 Å². The Morgan fingerprint density at radius 1 is 0.929 bits per heavy atom. The summed E-state index contributed by atoms with van der Waals surface area (Å²) in [5, 5.41) is 2.85. The third-order valence-electron chi connectivity index (χ3n) is 4.19. The Morgan fingerprint density at radius 3 is 2.36 bits per heavy atom. The summed E-state index contributed by atoms with van der Waals surface area (Å²) in [7, 11) is 2.08. The van der Waals surface area contributed by atoms with E-state index in [1.807, 2.05) is 66.7 Å². The van der Waals surface area contributed by atoms with E-state index in [4.69, 9.17) is 4.74 Å². The quantitative estimate of drug-likeness (QED) is 0.459. The number of para-hydroxylation sites is 1. The van der Waals surface area contributed by atoms with Gasteiger partial charge in [-0.25, -0.2) is 0 Å². The van der Waals surface area contributed by atoms with E-state index in [1.54, 1.807) is 0 Å². The molecule has 0 aliphatic carbocycles. The lowest BCUT2D eigenvalue weighted by molar-refractivity contribution is -0.118. The third-order valence-corrected chi connectivity index (χ3v) is 4.91. The largest absolute Gasteiger partial charge is 0.483 e. The molecule has 4 nitrogen and oxygen atoms in total. The molecular weight excluding hydrogens is 463 g/mol. The predicted molar refractivity (Wildman–Crippen MR) is 121 cm³/mol. The highest BCUT2D eigenvalue weighted by molar-refractivity contribution is 14.1. The summed E-state index contributed by atoms with van der Waals surface area (Å²) >= 11 is 2.23. The maximum atomic E-state index is 12.2. The molecule has 0 unspecified atom stereocenters. The van der Waals surface area contributed by atoms with Crippen LogP contribution in [0.1, 0.15) is 11.1 Å². The predicted octanol–water partition coefficient (Wildman–Crippen LogP) is 4.94. The summed E-state index contributed by atoms with van der Waals surface area (Å²) in [6.07, 6.45) is 0. The van der Waals surface area contributed by atoms with Gasteiger partial charge < -0.3 is 10.1 Å². The van der Waals surface area contributed by atoms with Crippen LogP contribution >= 0.6 is 22.6 Å². The molecule has 0 saturated heterocycles. The Balaban J connectivity index is 1.55. The van der Waals surface area contributed by atoms with E-state index in [-0.39, 0.29) is 12.5 Å². The summed E-state index contributed by atoms with van der Waals surface area (Å²) in [5.74, 6) is 0.564. The topological polar surface area (TPSA) is 41.6 Å². The van der Waals surface area contributed by atoms with Crippen molar-refractivity contribution >= 4 is 34.2 Å². The second-order valence-electron chi connectivity index (χ2n) is 6.61. The Kier molecular flexibility index (Phi) is 7.45. The van der Waals surface area contributed by atoms with Crippen molar-refractivity contribution < 1.29 is 9.53 Å². The second kappa shape index (κ2) is 10.2. The first-order valence-corrected chi connectivity index (χ1v) is 10.2. The smallest absolute Gasteiger partial charge is 0.262 e. The lowest BCUT2D eigenvalue weighted by Crippen LogP contribution is -2.21. The van der Waals surface area contributed by atoms with Gasteiger partial charge in [-0.3, -0.25) is 9.69 Å². The standard InChI is InChI=1S/C23H23IN2O2/c1-26(15-18-7-3-2-4-8-18)16-19-9-5-6-10-22(19)28-17-23(27)25-21-13-11-20(24)12-14-21/h2-14H,15-17H2,1H3,(H,25,27). The van der Waals surface area contributed by atoms with Gasteiger partial charge in [0.15, 0.2) is 6.61 Å². The van der Waals surface area contributed by atoms with Gasteiger partial charge in [-0.15, -0.1) is 0 Å². The number of rotatable bonds is 8. The lowest BCUT2D eigenvalue weighted by Gasteiger charge is -2.19. The van der Waals surface area contributed by atoms with Gasteiger partial charge in [0, 0.05) is 27.9 Å². The Bertz CT molecular complexity index is 898. The van der Waals surface area contributed by atoms with Crippen LogP contribution in [0.5, 0.6) is 5.75 Å². The number of nitrogens with one attached hydrogen (secondary N) is 1. The first-order valence-electron chi connectivity index (χ1n) is 9.09. The van der Waals surface area contributed by atoms with Gasteiger partial charge in [0.05, 0.1) is 0 Å². The molecule has 3 rings (SSSR count). The maximum absolute atomic E-state index is 12.2. The van der Waals surface area contributed by atoms with Crippen LogP contribution in [0.3, 0.4) is 0 Å². The van der Waals surface area contributed by atoms with E-state index in [2.05, 4.69) is 52.0 Å². The monoisotopic (exact) mass is 486 g/mol. The van der Waals surface area contributed by atoms with Crippen molar-refractivity contribution in [3.05, 3.63) is 93.6 Å². The lowest BCUT2D eigenvalue weighted by atomic mass is 10.1. The van der Waals surface area contributed by atoms with Crippen LogP contribution in [0.15, 0.2) is 78.9 Å². The molecule has 0 radical (unpaired) electrons. The van der Waals surface area contributed by atoms with E-state index in [0.29, 0.717) is 0 Å². The van der Waals surface area contributed by atoms with Gasteiger partial charge in [0.25, 0.3) is 5.91 Å². The summed E-state index contributed by atoms with van der Waals surface area (Å²) in [4.78, 5) is 14.4. The highest BCUT2D eigenvalue weighted by Crippen LogP contribution is 2.20. The molecule has 144 valence electrons. The molecule has 1 amide bonds. The number of anilines is 1. The number of amides is 1. The fourth-order valence-electron chi connectivity index (χ4n) is 2.89. The van der Waals surface area contributed by atoms with Crippen molar-refractivity contribution in [3.8, 4) is 5.75 Å². The minimum atomic E-state index is -0.173.